The fourth-order valence-electron chi connectivity index (χ4n) is 2.60. The quantitative estimate of drug-likeness (QED) is 0.292. The highest BCUT2D eigenvalue weighted by atomic mass is 16.3. The molecule has 0 heterocycles. The number of unbranched alkanes of at least 4 members (excludes halogenated alkanes) is 7. The van der Waals surface area contributed by atoms with Crippen molar-refractivity contribution in [3.05, 3.63) is 0 Å². The van der Waals surface area contributed by atoms with Crippen LogP contribution in [0.3, 0.4) is 0 Å². The third-order valence-electron chi connectivity index (χ3n) is 4.09. The maximum Gasteiger partial charge on any atom is 0.234 e. The van der Waals surface area contributed by atoms with Gasteiger partial charge in [0.25, 0.3) is 0 Å². The van der Waals surface area contributed by atoms with Gasteiger partial charge in [-0.1, -0.05) is 65.2 Å². The van der Waals surface area contributed by atoms with Gasteiger partial charge < -0.3 is 5.11 Å². The second-order valence-corrected chi connectivity index (χ2v) is 7.23. The number of aliphatic hydroxyl groups excluding tert-OH is 1. The lowest BCUT2D eigenvalue weighted by atomic mass is 10.1. The Morgan fingerprint density at radius 3 is 2.04 bits per heavy atom. The molecule has 0 spiro atoms. The fourth-order valence-corrected chi connectivity index (χ4v) is 2.60. The van der Waals surface area contributed by atoms with Gasteiger partial charge in [0.15, 0.2) is 0 Å². The molecule has 1 unspecified atom stereocenters. The molecule has 0 radical (unpaired) electrons. The van der Waals surface area contributed by atoms with Crippen molar-refractivity contribution in [2.75, 3.05) is 6.54 Å². The van der Waals surface area contributed by atoms with E-state index < -0.39 is 0 Å². The molecule has 0 fully saturated rings. The van der Waals surface area contributed by atoms with Crippen LogP contribution in [-0.2, 0) is 4.79 Å². The van der Waals surface area contributed by atoms with Crippen molar-refractivity contribution in [3.8, 4) is 0 Å². The highest BCUT2D eigenvalue weighted by Crippen LogP contribution is 2.10. The van der Waals surface area contributed by atoms with Crippen LogP contribution in [0.5, 0.6) is 0 Å². The molecule has 0 aliphatic rings. The van der Waals surface area contributed by atoms with Crippen LogP contribution in [0.1, 0.15) is 97.8 Å². The van der Waals surface area contributed by atoms with Crippen LogP contribution in [0.4, 0.5) is 0 Å². The predicted molar refractivity (Wildman–Crippen MR) is 98.1 cm³/mol. The average Bonchev–Trinajstić information content (AvgIpc) is 2.48. The maximum absolute atomic E-state index is 11.6. The lowest BCUT2D eigenvalue weighted by molar-refractivity contribution is -0.122. The smallest absolute Gasteiger partial charge is 0.234 e. The number of carbonyl (C=O) groups excluding carboxylic acids is 1. The lowest BCUT2D eigenvalue weighted by Gasteiger charge is -2.08. The van der Waals surface area contributed by atoms with Crippen molar-refractivity contribution in [1.29, 1.82) is 0 Å². The number of rotatable bonds is 16. The zero-order valence-electron chi connectivity index (χ0n) is 15.7. The van der Waals surface area contributed by atoms with Crippen LogP contribution in [0.25, 0.3) is 0 Å². The zero-order valence-corrected chi connectivity index (χ0v) is 15.7. The maximum atomic E-state index is 11.6. The Kier molecular flexibility index (Phi) is 15.8. The third-order valence-corrected chi connectivity index (χ3v) is 4.09. The summed E-state index contributed by atoms with van der Waals surface area (Å²) in [5, 5.41) is 9.16. The zero-order chi connectivity index (χ0) is 17.3. The molecule has 0 aromatic carbocycles. The molecule has 0 aliphatic carbocycles. The van der Waals surface area contributed by atoms with E-state index in [-0.39, 0.29) is 12.0 Å². The van der Waals surface area contributed by atoms with Crippen molar-refractivity contribution in [2.24, 2.45) is 5.92 Å². The average molecular weight is 329 g/mol. The van der Waals surface area contributed by atoms with Gasteiger partial charge in [0.2, 0.25) is 5.91 Å². The Bertz CT molecular complexity index is 268. The van der Waals surface area contributed by atoms with E-state index >= 15 is 0 Å². The van der Waals surface area contributed by atoms with Crippen LogP contribution in [0.2, 0.25) is 0 Å². The van der Waals surface area contributed by atoms with Crippen LogP contribution in [0, 0.1) is 5.92 Å². The summed E-state index contributed by atoms with van der Waals surface area (Å²) in [6.45, 7) is 7.23. The Morgan fingerprint density at radius 2 is 1.39 bits per heavy atom. The monoisotopic (exact) mass is 328 g/mol. The third kappa shape index (κ3) is 19.3. The van der Waals surface area contributed by atoms with Gasteiger partial charge in [-0.05, 0) is 32.1 Å². The molecule has 0 aromatic heterocycles. The molecule has 3 N–H and O–H groups in total. The van der Waals surface area contributed by atoms with Crippen molar-refractivity contribution in [3.63, 3.8) is 0 Å². The van der Waals surface area contributed by atoms with Crippen molar-refractivity contribution < 1.29 is 9.90 Å². The highest BCUT2D eigenvalue weighted by molar-refractivity contribution is 5.75. The van der Waals surface area contributed by atoms with Gasteiger partial charge in [-0.15, -0.1) is 0 Å². The van der Waals surface area contributed by atoms with Gasteiger partial charge in [-0.25, -0.2) is 5.43 Å². The van der Waals surface area contributed by atoms with Crippen molar-refractivity contribution in [1.82, 2.24) is 10.9 Å². The van der Waals surface area contributed by atoms with Crippen molar-refractivity contribution >= 4 is 5.91 Å². The first-order valence-corrected chi connectivity index (χ1v) is 9.72. The van der Waals surface area contributed by atoms with Crippen LogP contribution >= 0.6 is 0 Å². The van der Waals surface area contributed by atoms with Gasteiger partial charge in [0, 0.05) is 13.0 Å². The summed E-state index contributed by atoms with van der Waals surface area (Å²) < 4.78 is 0. The second-order valence-electron chi connectivity index (χ2n) is 7.23. The van der Waals surface area contributed by atoms with E-state index in [1.54, 1.807) is 0 Å². The molecule has 0 aromatic rings. The molecule has 4 heteroatoms. The Morgan fingerprint density at radius 1 is 0.826 bits per heavy atom. The Labute approximate surface area is 143 Å². The number of amides is 1. The summed E-state index contributed by atoms with van der Waals surface area (Å²) in [6, 6.07) is 0. The fraction of sp³-hybridized carbons (Fsp3) is 0.947. The number of aliphatic hydroxyl groups is 1. The van der Waals surface area contributed by atoms with E-state index in [0.717, 1.165) is 44.6 Å². The van der Waals surface area contributed by atoms with Crippen LogP contribution in [0.15, 0.2) is 0 Å². The predicted octanol–water partition coefficient (Wildman–Crippen LogP) is 4.33. The van der Waals surface area contributed by atoms with E-state index in [4.69, 9.17) is 5.11 Å². The molecule has 138 valence electrons. The largest absolute Gasteiger partial charge is 0.393 e. The van der Waals surface area contributed by atoms with Crippen LogP contribution in [-0.4, -0.2) is 23.7 Å². The van der Waals surface area contributed by atoms with Crippen LogP contribution < -0.4 is 10.9 Å². The number of nitrogens with one attached hydrogen (secondary N) is 2. The Balaban J connectivity index is 3.19. The standard InChI is InChI=1S/C19H40N2O2/c1-17(2)13-9-8-12-16-20-21-19(23)15-11-7-5-4-6-10-14-18(3)22/h17-18,20,22H,4-16H2,1-3H3,(H,21,23). The summed E-state index contributed by atoms with van der Waals surface area (Å²) >= 11 is 0. The minimum atomic E-state index is -0.165. The first-order chi connectivity index (χ1) is 11.0. The molecule has 23 heavy (non-hydrogen) atoms. The highest BCUT2D eigenvalue weighted by Gasteiger charge is 2.01. The van der Waals surface area contributed by atoms with E-state index in [0.29, 0.717) is 6.42 Å². The summed E-state index contributed by atoms with van der Waals surface area (Å²) in [7, 11) is 0. The molecule has 0 saturated heterocycles. The van der Waals surface area contributed by atoms with Gasteiger partial charge in [0.1, 0.15) is 0 Å². The molecule has 1 amide bonds. The number of hydrazine groups is 1. The van der Waals surface area contributed by atoms with E-state index in [1.807, 2.05) is 6.92 Å². The molecule has 0 aliphatic heterocycles. The van der Waals surface area contributed by atoms with E-state index in [9.17, 15) is 4.79 Å². The second kappa shape index (κ2) is 16.3. The van der Waals surface area contributed by atoms with Gasteiger partial charge in [-0.3, -0.25) is 10.2 Å². The molecule has 4 nitrogen and oxygen atoms in total. The molecule has 1 atom stereocenters. The van der Waals surface area contributed by atoms with E-state index in [2.05, 4.69) is 24.7 Å². The minimum absolute atomic E-state index is 0.112. The topological polar surface area (TPSA) is 61.4 Å². The first-order valence-electron chi connectivity index (χ1n) is 9.72. The minimum Gasteiger partial charge on any atom is -0.393 e. The summed E-state index contributed by atoms with van der Waals surface area (Å²) in [4.78, 5) is 11.6. The summed E-state index contributed by atoms with van der Waals surface area (Å²) in [5.74, 6) is 0.905. The molecule has 0 saturated carbocycles. The first kappa shape index (κ1) is 22.4. The molecule has 0 rings (SSSR count). The van der Waals surface area contributed by atoms with Crippen molar-refractivity contribution in [2.45, 2.75) is 104 Å². The Hall–Kier alpha value is -0.610. The van der Waals surface area contributed by atoms with Gasteiger partial charge in [-0.2, -0.15) is 0 Å². The molecular weight excluding hydrogens is 288 g/mol. The normalized spacial score (nSPS) is 12.6. The summed E-state index contributed by atoms with van der Waals surface area (Å²) in [6.07, 6.45) is 13.1. The number of carbonyl (C=O) groups is 1. The molecular formula is C19H40N2O2. The van der Waals surface area contributed by atoms with Gasteiger partial charge >= 0.3 is 0 Å². The summed E-state index contributed by atoms with van der Waals surface area (Å²) in [5.41, 5.74) is 5.82. The van der Waals surface area contributed by atoms with E-state index in [1.165, 1.54) is 38.5 Å². The lowest BCUT2D eigenvalue weighted by Crippen LogP contribution is -2.37. The SMILES string of the molecule is CC(C)CCCCCNNC(=O)CCCCCCCCC(C)O. The van der Waals surface area contributed by atoms with Gasteiger partial charge in [0.05, 0.1) is 6.10 Å². The number of hydrogen-bond acceptors (Lipinski definition) is 3. The number of hydrogen-bond donors (Lipinski definition) is 3. The molecule has 0 bridgehead atoms.